The van der Waals surface area contributed by atoms with Gasteiger partial charge in [-0.15, -0.1) is 11.8 Å². The van der Waals surface area contributed by atoms with Gasteiger partial charge in [0.05, 0.1) is 22.7 Å². The molecule has 1 aromatic heterocycles. The van der Waals surface area contributed by atoms with Crippen molar-refractivity contribution >= 4 is 46.8 Å². The predicted octanol–water partition coefficient (Wildman–Crippen LogP) is 2.98. The van der Waals surface area contributed by atoms with Gasteiger partial charge in [0.2, 0.25) is 11.9 Å². The van der Waals surface area contributed by atoms with Crippen molar-refractivity contribution in [3.8, 4) is 6.07 Å². The summed E-state index contributed by atoms with van der Waals surface area (Å²) < 4.78 is 38.3. The van der Waals surface area contributed by atoms with Crippen molar-refractivity contribution < 1.29 is 18.0 Å². The lowest BCUT2D eigenvalue weighted by Crippen LogP contribution is -2.16. The molecular formula is C15H13F3N6OS2. The fourth-order valence-corrected chi connectivity index (χ4v) is 3.33. The van der Waals surface area contributed by atoms with Crippen LogP contribution in [-0.2, 0) is 11.0 Å². The van der Waals surface area contributed by atoms with Crippen molar-refractivity contribution in [3.05, 3.63) is 29.3 Å². The summed E-state index contributed by atoms with van der Waals surface area (Å²) in [7, 11) is 0. The Morgan fingerprint density at radius 3 is 2.56 bits per heavy atom. The lowest BCUT2D eigenvalue weighted by atomic mass is 10.1. The summed E-state index contributed by atoms with van der Waals surface area (Å²) in [5.41, 5.74) is 10.3. The number of thioether (sulfide) groups is 2. The van der Waals surface area contributed by atoms with Crippen LogP contribution in [0.2, 0.25) is 0 Å². The molecule has 27 heavy (non-hydrogen) atoms. The van der Waals surface area contributed by atoms with Gasteiger partial charge in [0.25, 0.3) is 0 Å². The Balaban J connectivity index is 2.14. The molecule has 5 N–H and O–H groups in total. The molecule has 0 aliphatic heterocycles. The number of nitrogens with zero attached hydrogens (tertiary/aromatic N) is 3. The molecule has 0 radical (unpaired) electrons. The highest BCUT2D eigenvalue weighted by Gasteiger charge is 2.31. The first-order valence-electron chi connectivity index (χ1n) is 7.16. The number of nitrogens with one attached hydrogen (secondary N) is 1. The number of nitrogen functional groups attached to an aromatic ring is 2. The third-order valence-electron chi connectivity index (χ3n) is 3.16. The number of nitrogens with two attached hydrogens (primary N) is 2. The molecule has 0 spiro atoms. The van der Waals surface area contributed by atoms with E-state index in [9.17, 15) is 23.2 Å². The van der Waals surface area contributed by atoms with Crippen LogP contribution in [0.15, 0.2) is 28.3 Å². The molecule has 0 unspecified atom stereocenters. The maximum Gasteiger partial charge on any atom is 0.416 e. The number of halogens is 3. The van der Waals surface area contributed by atoms with Gasteiger partial charge in [-0.3, -0.25) is 4.79 Å². The number of anilines is 3. The zero-order valence-corrected chi connectivity index (χ0v) is 15.4. The Labute approximate surface area is 160 Å². The molecular weight excluding hydrogens is 401 g/mol. The van der Waals surface area contributed by atoms with Crippen molar-refractivity contribution in [2.75, 3.05) is 28.8 Å². The number of aromatic nitrogens is 2. The van der Waals surface area contributed by atoms with Gasteiger partial charge >= 0.3 is 6.18 Å². The van der Waals surface area contributed by atoms with Crippen LogP contribution in [0.5, 0.6) is 0 Å². The average molecular weight is 414 g/mol. The third-order valence-corrected chi connectivity index (χ3v) is 4.82. The van der Waals surface area contributed by atoms with E-state index in [1.54, 1.807) is 6.26 Å². The molecule has 0 aliphatic carbocycles. The summed E-state index contributed by atoms with van der Waals surface area (Å²) >= 11 is 2.12. The van der Waals surface area contributed by atoms with Crippen LogP contribution in [0.1, 0.15) is 11.1 Å². The van der Waals surface area contributed by atoms with E-state index in [1.807, 2.05) is 6.07 Å². The molecule has 2 rings (SSSR count). The molecule has 1 heterocycles. The summed E-state index contributed by atoms with van der Waals surface area (Å²) in [5, 5.41) is 12.2. The van der Waals surface area contributed by atoms with Crippen LogP contribution in [0.25, 0.3) is 0 Å². The Morgan fingerprint density at radius 1 is 1.30 bits per heavy atom. The monoisotopic (exact) mass is 414 g/mol. The van der Waals surface area contributed by atoms with Crippen LogP contribution in [0, 0.1) is 11.3 Å². The van der Waals surface area contributed by atoms with Gasteiger partial charge in [-0.05, 0) is 24.5 Å². The minimum Gasteiger partial charge on any atom is -0.397 e. The number of hydrogen-bond donors (Lipinski definition) is 3. The van der Waals surface area contributed by atoms with Crippen molar-refractivity contribution in [2.45, 2.75) is 16.2 Å². The number of amides is 1. The molecule has 142 valence electrons. The van der Waals surface area contributed by atoms with Crippen molar-refractivity contribution in [1.82, 2.24) is 9.97 Å². The average Bonchev–Trinajstić information content (AvgIpc) is 2.60. The van der Waals surface area contributed by atoms with Gasteiger partial charge in [-0.1, -0.05) is 11.8 Å². The molecule has 7 nitrogen and oxygen atoms in total. The predicted molar refractivity (Wildman–Crippen MR) is 98.2 cm³/mol. The largest absolute Gasteiger partial charge is 0.416 e. The van der Waals surface area contributed by atoms with Crippen molar-refractivity contribution in [1.29, 1.82) is 5.26 Å². The van der Waals surface area contributed by atoms with E-state index in [2.05, 4.69) is 15.3 Å². The summed E-state index contributed by atoms with van der Waals surface area (Å²) in [4.78, 5) is 20.0. The minimum absolute atomic E-state index is 0.00462. The van der Waals surface area contributed by atoms with Crippen LogP contribution in [-0.4, -0.2) is 27.9 Å². The van der Waals surface area contributed by atoms with Crippen LogP contribution >= 0.6 is 23.5 Å². The molecule has 0 atom stereocenters. The smallest absolute Gasteiger partial charge is 0.397 e. The lowest BCUT2D eigenvalue weighted by molar-refractivity contribution is -0.137. The fraction of sp³-hybridized carbons (Fsp3) is 0.200. The number of rotatable bonds is 5. The van der Waals surface area contributed by atoms with Gasteiger partial charge in [0, 0.05) is 0 Å². The van der Waals surface area contributed by atoms with Gasteiger partial charge < -0.3 is 16.8 Å². The normalized spacial score (nSPS) is 11.1. The number of benzene rings is 1. The third kappa shape index (κ3) is 5.18. The number of nitriles is 1. The molecule has 2 aromatic rings. The van der Waals surface area contributed by atoms with E-state index in [-0.39, 0.29) is 33.7 Å². The van der Waals surface area contributed by atoms with E-state index in [0.717, 1.165) is 30.0 Å². The summed E-state index contributed by atoms with van der Waals surface area (Å²) in [5.74, 6) is -0.879. The van der Waals surface area contributed by atoms with Gasteiger partial charge in [0.15, 0.2) is 0 Å². The van der Waals surface area contributed by atoms with E-state index in [0.29, 0.717) is 5.03 Å². The number of hydrogen-bond acceptors (Lipinski definition) is 8. The first-order chi connectivity index (χ1) is 12.7. The Morgan fingerprint density at radius 2 is 1.96 bits per heavy atom. The summed E-state index contributed by atoms with van der Waals surface area (Å²) in [6, 6.07) is 4.60. The van der Waals surface area contributed by atoms with Gasteiger partial charge in [-0.2, -0.15) is 18.4 Å². The quantitative estimate of drug-likeness (QED) is 0.387. The highest BCUT2D eigenvalue weighted by atomic mass is 32.2. The fourth-order valence-electron chi connectivity index (χ4n) is 1.95. The number of alkyl halides is 3. The lowest BCUT2D eigenvalue weighted by Gasteiger charge is -2.12. The van der Waals surface area contributed by atoms with E-state index >= 15 is 0 Å². The molecule has 0 fully saturated rings. The second-order valence-corrected chi connectivity index (χ2v) is 6.78. The molecule has 12 heteroatoms. The number of carbonyl (C=O) groups excluding carboxylic acids is 1. The molecule has 0 bridgehead atoms. The summed E-state index contributed by atoms with van der Waals surface area (Å²) in [6.45, 7) is 0. The minimum atomic E-state index is -4.56. The molecule has 0 aliphatic rings. The van der Waals surface area contributed by atoms with Crippen LogP contribution in [0.3, 0.4) is 0 Å². The van der Waals surface area contributed by atoms with E-state index < -0.39 is 17.6 Å². The maximum absolute atomic E-state index is 12.8. The van der Waals surface area contributed by atoms with Gasteiger partial charge in [-0.25, -0.2) is 9.97 Å². The van der Waals surface area contributed by atoms with Gasteiger partial charge in [0.1, 0.15) is 21.7 Å². The van der Waals surface area contributed by atoms with Crippen molar-refractivity contribution in [3.63, 3.8) is 0 Å². The zero-order valence-electron chi connectivity index (χ0n) is 13.8. The Kier molecular flexibility index (Phi) is 6.40. The molecule has 0 saturated heterocycles. The summed E-state index contributed by atoms with van der Waals surface area (Å²) in [6.07, 6.45) is -2.85. The van der Waals surface area contributed by atoms with Crippen molar-refractivity contribution in [2.24, 2.45) is 0 Å². The second kappa shape index (κ2) is 8.36. The Hall–Kier alpha value is -2.65. The SMILES string of the molecule is CSc1nc(N)nc(SCC(=O)Nc2cc(C(F)(F)F)ccc2N)c1C#N. The first kappa shape index (κ1) is 20.7. The molecule has 1 amide bonds. The zero-order chi connectivity index (χ0) is 20.2. The number of carbonyl (C=O) groups is 1. The Bertz CT molecular complexity index is 914. The second-order valence-electron chi connectivity index (χ2n) is 5.02. The topological polar surface area (TPSA) is 131 Å². The highest BCUT2D eigenvalue weighted by Crippen LogP contribution is 2.33. The highest BCUT2D eigenvalue weighted by molar-refractivity contribution is 8.00. The standard InChI is InChI=1S/C15H13F3N6OS2/c1-26-12-8(5-19)13(24-14(21)23-12)27-6-11(25)22-10-4-7(15(16,17)18)2-3-9(10)20/h2-4H,6,20H2,1H3,(H,22,25)(H2,21,23,24). The van der Waals surface area contributed by atoms with E-state index in [4.69, 9.17) is 11.5 Å². The first-order valence-corrected chi connectivity index (χ1v) is 9.37. The van der Waals surface area contributed by atoms with E-state index in [1.165, 1.54) is 11.8 Å². The molecule has 0 saturated carbocycles. The maximum atomic E-state index is 12.8. The van der Waals surface area contributed by atoms with Crippen LogP contribution < -0.4 is 16.8 Å². The molecule has 1 aromatic carbocycles. The van der Waals surface area contributed by atoms with Crippen LogP contribution in [0.4, 0.5) is 30.5 Å².